The van der Waals surface area contributed by atoms with Crippen molar-refractivity contribution in [2.24, 2.45) is 0 Å². The molecule has 0 radical (unpaired) electrons. The molecule has 1 atom stereocenters. The van der Waals surface area contributed by atoms with E-state index in [4.69, 9.17) is 34.8 Å². The Bertz CT molecular complexity index is 551. The van der Waals surface area contributed by atoms with Gasteiger partial charge in [-0.25, -0.2) is 0 Å². The molecule has 0 aliphatic carbocycles. The molecule has 2 rings (SSSR count). The minimum atomic E-state index is 0.0115. The van der Waals surface area contributed by atoms with Gasteiger partial charge in [-0.3, -0.25) is 0 Å². The minimum absolute atomic E-state index is 0.0115. The number of hydrogen-bond donors (Lipinski definition) is 0. The van der Waals surface area contributed by atoms with Crippen molar-refractivity contribution in [3.05, 3.63) is 54.7 Å². The van der Waals surface area contributed by atoms with Gasteiger partial charge in [0.1, 0.15) is 0 Å². The number of benzene rings is 1. The molecule has 1 aromatic heterocycles. The highest BCUT2D eigenvalue weighted by atomic mass is 79.9. The molecule has 0 bridgehead atoms. The summed E-state index contributed by atoms with van der Waals surface area (Å²) in [7, 11) is 0. The van der Waals surface area contributed by atoms with Gasteiger partial charge in [-0.15, -0.1) is 11.3 Å². The Balaban J connectivity index is 2.47. The van der Waals surface area contributed by atoms with Crippen LogP contribution in [0.3, 0.4) is 0 Å². The SMILES string of the molecule is Cc1c(Cl)cccc1C(Br)c1cc(Cl)sc1Cl. The summed E-state index contributed by atoms with van der Waals surface area (Å²) < 4.78 is 1.39. The summed E-state index contributed by atoms with van der Waals surface area (Å²) in [5, 5.41) is 0.754. The molecule has 90 valence electrons. The topological polar surface area (TPSA) is 0 Å². The van der Waals surface area contributed by atoms with Crippen LogP contribution < -0.4 is 0 Å². The van der Waals surface area contributed by atoms with Crippen molar-refractivity contribution in [2.75, 3.05) is 0 Å². The molecule has 5 heteroatoms. The standard InChI is InChI=1S/C12H8BrCl3S/c1-6-7(3-2-4-9(6)14)11(13)8-5-10(15)17-12(8)16/h2-5,11H,1H3. The van der Waals surface area contributed by atoms with Gasteiger partial charge in [0.25, 0.3) is 0 Å². The first kappa shape index (κ1) is 13.7. The molecule has 0 saturated carbocycles. The first-order valence-corrected chi connectivity index (χ1v) is 7.71. The quantitative estimate of drug-likeness (QED) is 0.529. The van der Waals surface area contributed by atoms with E-state index in [9.17, 15) is 0 Å². The fourth-order valence-corrected chi connectivity index (χ4v) is 4.45. The average molecular weight is 371 g/mol. The highest BCUT2D eigenvalue weighted by Crippen LogP contribution is 2.43. The Morgan fingerprint density at radius 1 is 1.18 bits per heavy atom. The summed E-state index contributed by atoms with van der Waals surface area (Å²) in [6.07, 6.45) is 0. The molecule has 2 aromatic rings. The fourth-order valence-electron chi connectivity index (χ4n) is 1.59. The Labute approximate surface area is 128 Å². The van der Waals surface area contributed by atoms with Gasteiger partial charge in [0.15, 0.2) is 0 Å². The molecule has 1 aromatic carbocycles. The van der Waals surface area contributed by atoms with E-state index >= 15 is 0 Å². The molecule has 0 saturated heterocycles. The molecule has 0 fully saturated rings. The third kappa shape index (κ3) is 2.82. The minimum Gasteiger partial charge on any atom is -0.111 e. The molecule has 0 aliphatic heterocycles. The predicted octanol–water partition coefficient (Wildman–Crippen LogP) is 6.50. The highest BCUT2D eigenvalue weighted by molar-refractivity contribution is 9.09. The van der Waals surface area contributed by atoms with Crippen LogP contribution in [0.25, 0.3) is 0 Å². The van der Waals surface area contributed by atoms with E-state index in [1.54, 1.807) is 0 Å². The van der Waals surface area contributed by atoms with Gasteiger partial charge in [0.2, 0.25) is 0 Å². The van der Waals surface area contributed by atoms with E-state index in [1.165, 1.54) is 11.3 Å². The predicted molar refractivity (Wildman–Crippen MR) is 81.3 cm³/mol. The van der Waals surface area contributed by atoms with Crippen LogP contribution in [0.1, 0.15) is 21.5 Å². The second kappa shape index (κ2) is 5.50. The van der Waals surface area contributed by atoms with Gasteiger partial charge < -0.3 is 0 Å². The molecule has 0 spiro atoms. The molecule has 1 unspecified atom stereocenters. The zero-order valence-electron chi connectivity index (χ0n) is 8.81. The van der Waals surface area contributed by atoms with Crippen LogP contribution in [0.15, 0.2) is 24.3 Å². The van der Waals surface area contributed by atoms with Gasteiger partial charge in [-0.1, -0.05) is 62.9 Å². The van der Waals surface area contributed by atoms with Crippen LogP contribution in [0.4, 0.5) is 0 Å². The summed E-state index contributed by atoms with van der Waals surface area (Å²) in [5.41, 5.74) is 3.13. The summed E-state index contributed by atoms with van der Waals surface area (Å²) in [5.74, 6) is 0. The third-order valence-corrected chi connectivity index (χ3v) is 5.45. The van der Waals surface area contributed by atoms with Crippen LogP contribution in [0, 0.1) is 6.92 Å². The first-order chi connectivity index (χ1) is 8.00. The second-order valence-electron chi connectivity index (χ2n) is 3.60. The Morgan fingerprint density at radius 3 is 2.47 bits per heavy atom. The second-order valence-corrected chi connectivity index (χ2v) is 7.20. The first-order valence-electron chi connectivity index (χ1n) is 4.84. The largest absolute Gasteiger partial charge is 0.111 e. The molecular formula is C12H8BrCl3S. The van der Waals surface area contributed by atoms with Crippen LogP contribution in [0.2, 0.25) is 13.7 Å². The lowest BCUT2D eigenvalue weighted by atomic mass is 10.0. The summed E-state index contributed by atoms with van der Waals surface area (Å²) in [4.78, 5) is 0.0115. The molecule has 0 N–H and O–H groups in total. The van der Waals surface area contributed by atoms with E-state index in [-0.39, 0.29) is 4.83 Å². The lowest BCUT2D eigenvalue weighted by Crippen LogP contribution is -1.95. The maximum absolute atomic E-state index is 6.15. The average Bonchev–Trinajstić information content (AvgIpc) is 2.61. The van der Waals surface area contributed by atoms with Crippen molar-refractivity contribution in [1.82, 2.24) is 0 Å². The van der Waals surface area contributed by atoms with Crippen molar-refractivity contribution in [3.8, 4) is 0 Å². The van der Waals surface area contributed by atoms with Gasteiger partial charge in [-0.05, 0) is 30.2 Å². The molecule has 17 heavy (non-hydrogen) atoms. The smallest absolute Gasteiger partial charge is 0.0990 e. The Morgan fingerprint density at radius 2 is 1.88 bits per heavy atom. The number of thiophene rings is 1. The van der Waals surface area contributed by atoms with Gasteiger partial charge >= 0.3 is 0 Å². The number of alkyl halides is 1. The zero-order chi connectivity index (χ0) is 12.6. The molecule has 0 aliphatic rings. The van der Waals surface area contributed by atoms with Crippen LogP contribution in [0.5, 0.6) is 0 Å². The van der Waals surface area contributed by atoms with E-state index in [1.807, 2.05) is 31.2 Å². The molecule has 0 nitrogen and oxygen atoms in total. The van der Waals surface area contributed by atoms with E-state index < -0.39 is 0 Å². The number of rotatable bonds is 2. The van der Waals surface area contributed by atoms with Crippen molar-refractivity contribution < 1.29 is 0 Å². The van der Waals surface area contributed by atoms with Gasteiger partial charge in [0, 0.05) is 10.6 Å². The van der Waals surface area contributed by atoms with Crippen LogP contribution >= 0.6 is 62.1 Å². The Hall–Kier alpha value is 0.270. The monoisotopic (exact) mass is 368 g/mol. The molecule has 1 heterocycles. The third-order valence-electron chi connectivity index (χ3n) is 2.54. The lowest BCUT2D eigenvalue weighted by Gasteiger charge is -2.13. The van der Waals surface area contributed by atoms with E-state index in [0.29, 0.717) is 8.67 Å². The zero-order valence-corrected chi connectivity index (χ0v) is 13.5. The summed E-state index contributed by atoms with van der Waals surface area (Å²) >= 11 is 23.2. The van der Waals surface area contributed by atoms with Crippen molar-refractivity contribution in [3.63, 3.8) is 0 Å². The Kier molecular flexibility index (Phi) is 4.43. The fraction of sp³-hybridized carbons (Fsp3) is 0.167. The summed E-state index contributed by atoms with van der Waals surface area (Å²) in [6.45, 7) is 1.99. The molecular weight excluding hydrogens is 362 g/mol. The van der Waals surface area contributed by atoms with E-state index in [2.05, 4.69) is 15.9 Å². The van der Waals surface area contributed by atoms with Crippen LogP contribution in [-0.4, -0.2) is 0 Å². The van der Waals surface area contributed by atoms with Crippen molar-refractivity contribution >= 4 is 62.1 Å². The van der Waals surface area contributed by atoms with Crippen molar-refractivity contribution in [2.45, 2.75) is 11.8 Å². The van der Waals surface area contributed by atoms with E-state index in [0.717, 1.165) is 21.7 Å². The maximum atomic E-state index is 6.15. The van der Waals surface area contributed by atoms with Gasteiger partial charge in [-0.2, -0.15) is 0 Å². The van der Waals surface area contributed by atoms with Crippen molar-refractivity contribution in [1.29, 1.82) is 0 Å². The van der Waals surface area contributed by atoms with Gasteiger partial charge in [0.05, 0.1) is 13.5 Å². The maximum Gasteiger partial charge on any atom is 0.0990 e. The lowest BCUT2D eigenvalue weighted by molar-refractivity contribution is 1.16. The highest BCUT2D eigenvalue weighted by Gasteiger charge is 2.19. The van der Waals surface area contributed by atoms with Crippen LogP contribution in [-0.2, 0) is 0 Å². The summed E-state index contributed by atoms with van der Waals surface area (Å²) in [6, 6.07) is 7.72. The normalized spacial score (nSPS) is 12.8. The molecule has 0 amide bonds. The number of hydrogen-bond acceptors (Lipinski definition) is 1. The number of halogens is 4.